The first-order chi connectivity index (χ1) is 10.9. The highest BCUT2D eigenvalue weighted by Gasteiger charge is 2.41. The van der Waals surface area contributed by atoms with Crippen molar-refractivity contribution in [2.45, 2.75) is 44.2 Å². The summed E-state index contributed by atoms with van der Waals surface area (Å²) in [6.45, 7) is 0.725. The molecule has 1 saturated carbocycles. The van der Waals surface area contributed by atoms with Crippen LogP contribution in [0.4, 0.5) is 11.5 Å². The molecule has 1 fully saturated rings. The van der Waals surface area contributed by atoms with E-state index in [0.29, 0.717) is 0 Å². The van der Waals surface area contributed by atoms with Crippen LogP contribution < -0.4 is 10.6 Å². The summed E-state index contributed by atoms with van der Waals surface area (Å²) >= 11 is 0. The summed E-state index contributed by atoms with van der Waals surface area (Å²) < 4.78 is 0. The van der Waals surface area contributed by atoms with Gasteiger partial charge in [0.1, 0.15) is 11.7 Å². The minimum absolute atomic E-state index is 0.0117. The van der Waals surface area contributed by atoms with Gasteiger partial charge in [-0.2, -0.15) is 0 Å². The van der Waals surface area contributed by atoms with Gasteiger partial charge in [-0.3, -0.25) is 4.99 Å². The number of hydrogen-bond acceptors (Lipinski definition) is 2. The van der Waals surface area contributed by atoms with E-state index < -0.39 is 0 Å². The van der Waals surface area contributed by atoms with Gasteiger partial charge in [-0.25, -0.2) is 0 Å². The first-order valence-corrected chi connectivity index (χ1v) is 8.17. The van der Waals surface area contributed by atoms with Crippen LogP contribution in [0.2, 0.25) is 0 Å². The number of amidine groups is 1. The topological polar surface area (TPSA) is 52.2 Å². The highest BCUT2D eigenvalue weighted by atomic mass is 15.2. The number of rotatable bonds is 2. The zero-order chi connectivity index (χ0) is 14.8. The van der Waals surface area contributed by atoms with Crippen molar-refractivity contribution >= 4 is 17.3 Å². The highest BCUT2D eigenvalue weighted by Crippen LogP contribution is 2.39. The Balaban J connectivity index is 1.65. The predicted molar refractivity (Wildman–Crippen MR) is 91.4 cm³/mol. The van der Waals surface area contributed by atoms with E-state index in [1.54, 1.807) is 0 Å². The van der Waals surface area contributed by atoms with Gasteiger partial charge in [0.25, 0.3) is 0 Å². The Bertz CT molecular complexity index is 665. The van der Waals surface area contributed by atoms with Crippen LogP contribution >= 0.6 is 0 Å². The largest absolute Gasteiger partial charge is 0.370 e. The first-order valence-electron chi connectivity index (χ1n) is 8.17. The fourth-order valence-corrected chi connectivity index (χ4v) is 3.59. The Morgan fingerprint density at radius 1 is 1.00 bits per heavy atom. The molecule has 1 aliphatic carbocycles. The molecule has 0 bridgehead atoms. The Labute approximate surface area is 131 Å². The number of H-pyrrole nitrogens is 1. The Morgan fingerprint density at radius 3 is 2.64 bits per heavy atom. The molecular formula is C18H22N4. The summed E-state index contributed by atoms with van der Waals surface area (Å²) in [5.41, 5.74) is 2.41. The van der Waals surface area contributed by atoms with Crippen LogP contribution in [-0.2, 0) is 6.54 Å². The second-order valence-electron chi connectivity index (χ2n) is 6.31. The maximum atomic E-state index is 4.93. The summed E-state index contributed by atoms with van der Waals surface area (Å²) in [6, 6.07) is 12.6. The highest BCUT2D eigenvalue weighted by molar-refractivity contribution is 6.08. The van der Waals surface area contributed by atoms with Crippen molar-refractivity contribution in [3.63, 3.8) is 0 Å². The minimum Gasteiger partial charge on any atom is -0.370 e. The molecular weight excluding hydrogens is 272 g/mol. The number of nitrogens with one attached hydrogen (secondary N) is 3. The Hall–Kier alpha value is -2.23. The molecule has 0 saturated heterocycles. The number of nitrogens with zero attached hydrogens (tertiary/aromatic N) is 1. The molecule has 0 atom stereocenters. The molecule has 114 valence electrons. The fraction of sp³-hybridized carbons (Fsp3) is 0.389. The van der Waals surface area contributed by atoms with E-state index in [1.165, 1.54) is 30.5 Å². The van der Waals surface area contributed by atoms with Crippen LogP contribution in [0.25, 0.3) is 0 Å². The lowest BCUT2D eigenvalue weighted by molar-refractivity contribution is 0.403. The molecule has 2 aromatic rings. The van der Waals surface area contributed by atoms with Gasteiger partial charge in [0.05, 0.1) is 17.8 Å². The molecule has 2 aliphatic rings. The zero-order valence-corrected chi connectivity index (χ0v) is 12.7. The quantitative estimate of drug-likeness (QED) is 0.779. The number of hydrogen-bond donors (Lipinski definition) is 3. The van der Waals surface area contributed by atoms with E-state index in [4.69, 9.17) is 4.99 Å². The number of aliphatic imine (C=N–C) groups is 1. The lowest BCUT2D eigenvalue weighted by Crippen LogP contribution is -2.53. The minimum atomic E-state index is -0.0117. The summed E-state index contributed by atoms with van der Waals surface area (Å²) in [6.07, 6.45) is 8.13. The molecule has 4 nitrogen and oxygen atoms in total. The monoisotopic (exact) mass is 294 g/mol. The van der Waals surface area contributed by atoms with Gasteiger partial charge >= 0.3 is 0 Å². The number of aromatic amines is 1. The molecule has 0 unspecified atom stereocenters. The van der Waals surface area contributed by atoms with Crippen molar-refractivity contribution in [1.29, 1.82) is 0 Å². The second-order valence-corrected chi connectivity index (χ2v) is 6.31. The molecule has 0 radical (unpaired) electrons. The molecule has 0 amide bonds. The SMILES string of the molecule is c1ccc(CN=C2Nc3[nH]ccc3NC23CCCCC3)cc1. The van der Waals surface area contributed by atoms with Crippen molar-refractivity contribution in [2.24, 2.45) is 4.99 Å². The number of fused-ring (bicyclic) bond motifs is 1. The average Bonchev–Trinajstić information content (AvgIpc) is 3.01. The van der Waals surface area contributed by atoms with E-state index in [9.17, 15) is 0 Å². The Morgan fingerprint density at radius 2 is 1.82 bits per heavy atom. The van der Waals surface area contributed by atoms with Gasteiger partial charge in [-0.15, -0.1) is 0 Å². The lowest BCUT2D eigenvalue weighted by Gasteiger charge is -2.43. The summed E-state index contributed by atoms with van der Waals surface area (Å²) in [5, 5.41) is 7.29. The van der Waals surface area contributed by atoms with Gasteiger partial charge in [0.2, 0.25) is 0 Å². The molecule has 1 aromatic heterocycles. The van der Waals surface area contributed by atoms with Crippen LogP contribution in [0.15, 0.2) is 47.6 Å². The third-order valence-corrected chi connectivity index (χ3v) is 4.79. The van der Waals surface area contributed by atoms with Crippen LogP contribution in [0.5, 0.6) is 0 Å². The maximum absolute atomic E-state index is 4.93. The Kier molecular flexibility index (Phi) is 3.37. The first kappa shape index (κ1) is 13.4. The predicted octanol–water partition coefficient (Wildman–Crippen LogP) is 4.15. The second kappa shape index (κ2) is 5.52. The molecule has 22 heavy (non-hydrogen) atoms. The molecule has 1 spiro atoms. The third-order valence-electron chi connectivity index (χ3n) is 4.79. The summed E-state index contributed by atoms with van der Waals surface area (Å²) in [5.74, 6) is 2.12. The van der Waals surface area contributed by atoms with E-state index >= 15 is 0 Å². The molecule has 4 heteroatoms. The van der Waals surface area contributed by atoms with Crippen molar-refractivity contribution < 1.29 is 0 Å². The van der Waals surface area contributed by atoms with Gasteiger partial charge in [0.15, 0.2) is 0 Å². The molecule has 4 rings (SSSR count). The van der Waals surface area contributed by atoms with Gasteiger partial charge < -0.3 is 15.6 Å². The normalized spacial score (nSPS) is 21.2. The van der Waals surface area contributed by atoms with Crippen LogP contribution in [0.3, 0.4) is 0 Å². The van der Waals surface area contributed by atoms with Gasteiger partial charge in [0, 0.05) is 6.20 Å². The third kappa shape index (κ3) is 2.39. The van der Waals surface area contributed by atoms with E-state index in [2.05, 4.69) is 45.9 Å². The smallest absolute Gasteiger partial charge is 0.132 e. The molecule has 1 aliphatic heterocycles. The van der Waals surface area contributed by atoms with Crippen LogP contribution in [-0.4, -0.2) is 16.4 Å². The van der Waals surface area contributed by atoms with E-state index in [1.807, 2.05) is 12.3 Å². The summed E-state index contributed by atoms with van der Waals surface area (Å²) in [4.78, 5) is 8.19. The van der Waals surface area contributed by atoms with Gasteiger partial charge in [-0.1, -0.05) is 49.6 Å². The fourth-order valence-electron chi connectivity index (χ4n) is 3.59. The molecule has 3 N–H and O–H groups in total. The average molecular weight is 294 g/mol. The lowest BCUT2D eigenvalue weighted by atomic mass is 9.79. The van der Waals surface area contributed by atoms with Gasteiger partial charge in [-0.05, 0) is 24.5 Å². The van der Waals surface area contributed by atoms with Crippen LogP contribution in [0, 0.1) is 0 Å². The van der Waals surface area contributed by atoms with Crippen molar-refractivity contribution in [2.75, 3.05) is 10.6 Å². The number of benzene rings is 1. The van der Waals surface area contributed by atoms with Crippen molar-refractivity contribution in [1.82, 2.24) is 4.98 Å². The molecule has 2 heterocycles. The molecule has 1 aromatic carbocycles. The maximum Gasteiger partial charge on any atom is 0.132 e. The van der Waals surface area contributed by atoms with Crippen molar-refractivity contribution in [3.8, 4) is 0 Å². The number of aromatic nitrogens is 1. The number of anilines is 2. The standard InChI is InChI=1S/C18H22N4/c1-3-7-14(8-4-1)13-20-17-18(10-5-2-6-11-18)22-15-9-12-19-16(15)21-17/h1,3-4,7-9,12,19,22H,2,5-6,10-11,13H2,(H,20,21). The van der Waals surface area contributed by atoms with Crippen LogP contribution in [0.1, 0.15) is 37.7 Å². The van der Waals surface area contributed by atoms with E-state index in [-0.39, 0.29) is 5.54 Å². The zero-order valence-electron chi connectivity index (χ0n) is 12.7. The summed E-state index contributed by atoms with van der Waals surface area (Å²) in [7, 11) is 0. The van der Waals surface area contributed by atoms with E-state index in [0.717, 1.165) is 31.0 Å². The van der Waals surface area contributed by atoms with Crippen molar-refractivity contribution in [3.05, 3.63) is 48.2 Å².